The first kappa shape index (κ1) is 13.8. The van der Waals surface area contributed by atoms with Crippen LogP contribution in [-0.4, -0.2) is 26.9 Å². The highest BCUT2D eigenvalue weighted by Gasteiger charge is 2.42. The molecule has 1 aromatic rings. The van der Waals surface area contributed by atoms with E-state index in [1.165, 1.54) is 19.2 Å². The molecule has 0 spiro atoms. The van der Waals surface area contributed by atoms with E-state index in [0.717, 1.165) is 13.2 Å². The lowest BCUT2D eigenvalue weighted by molar-refractivity contribution is -0.149. The van der Waals surface area contributed by atoms with Gasteiger partial charge in [-0.3, -0.25) is 0 Å². The van der Waals surface area contributed by atoms with Gasteiger partial charge in [-0.05, 0) is 13.1 Å². The Morgan fingerprint density at radius 1 is 1.35 bits per heavy atom. The van der Waals surface area contributed by atoms with E-state index in [0.29, 0.717) is 0 Å². The Bertz CT molecular complexity index is 378. The molecule has 1 aromatic carbocycles. The van der Waals surface area contributed by atoms with Crippen molar-refractivity contribution < 1.29 is 22.3 Å². The van der Waals surface area contributed by atoms with Crippen LogP contribution >= 0.6 is 0 Å². The van der Waals surface area contributed by atoms with Gasteiger partial charge < -0.3 is 10.1 Å². The van der Waals surface area contributed by atoms with Gasteiger partial charge in [0.2, 0.25) is 0 Å². The predicted octanol–water partition coefficient (Wildman–Crippen LogP) is 2.70. The third kappa shape index (κ3) is 3.09. The molecular formula is C11H13F4NO. The number of hydrogen-bond donors (Lipinski definition) is 1. The number of benzene rings is 1. The zero-order valence-corrected chi connectivity index (χ0v) is 9.44. The summed E-state index contributed by atoms with van der Waals surface area (Å²) in [5.41, 5.74) is -0.200. The minimum absolute atomic E-state index is 0.200. The summed E-state index contributed by atoms with van der Waals surface area (Å²) in [4.78, 5) is 0. The number of rotatable bonds is 4. The van der Waals surface area contributed by atoms with Crippen LogP contribution in [0, 0.1) is 5.82 Å². The summed E-state index contributed by atoms with van der Waals surface area (Å²) in [6.07, 6.45) is -4.45. The molecule has 0 radical (unpaired) electrons. The number of alkyl halides is 3. The third-order valence-corrected chi connectivity index (χ3v) is 2.38. The molecule has 0 bridgehead atoms. The van der Waals surface area contributed by atoms with Crippen molar-refractivity contribution in [3.8, 4) is 5.75 Å². The van der Waals surface area contributed by atoms with Crippen molar-refractivity contribution in [1.29, 1.82) is 0 Å². The summed E-state index contributed by atoms with van der Waals surface area (Å²) in [5.74, 6) is -2.95. The van der Waals surface area contributed by atoms with Gasteiger partial charge in [0.05, 0.1) is 13.0 Å². The Labute approximate surface area is 96.6 Å². The number of nitrogens with one attached hydrogen (secondary N) is 1. The van der Waals surface area contributed by atoms with Gasteiger partial charge in [0.1, 0.15) is 0 Å². The second kappa shape index (κ2) is 5.35. The maximum atomic E-state index is 13.3. The zero-order valence-electron chi connectivity index (χ0n) is 9.44. The highest BCUT2D eigenvalue weighted by atomic mass is 19.4. The molecule has 0 amide bonds. The van der Waals surface area contributed by atoms with Crippen LogP contribution in [0.5, 0.6) is 5.75 Å². The Morgan fingerprint density at radius 2 is 2.00 bits per heavy atom. The standard InChI is InChI=1S/C11H13F4NO/c1-16-6-8(11(13,14)15)7-4-3-5-9(12)10(7)17-2/h3-5,8,16H,6H2,1-2H3. The number of methoxy groups -OCH3 is 1. The maximum absolute atomic E-state index is 13.3. The van der Waals surface area contributed by atoms with Crippen molar-refractivity contribution in [3.63, 3.8) is 0 Å². The Kier molecular flexibility index (Phi) is 4.34. The molecule has 0 fully saturated rings. The van der Waals surface area contributed by atoms with E-state index in [9.17, 15) is 17.6 Å². The van der Waals surface area contributed by atoms with E-state index in [4.69, 9.17) is 4.74 Å². The summed E-state index contributed by atoms with van der Waals surface area (Å²) < 4.78 is 56.5. The van der Waals surface area contributed by atoms with Gasteiger partial charge in [0, 0.05) is 12.1 Å². The fourth-order valence-corrected chi connectivity index (χ4v) is 1.62. The first-order valence-corrected chi connectivity index (χ1v) is 4.95. The molecule has 17 heavy (non-hydrogen) atoms. The number of likely N-dealkylation sites (N-methyl/N-ethyl adjacent to an activating group) is 1. The van der Waals surface area contributed by atoms with Crippen molar-refractivity contribution in [1.82, 2.24) is 5.32 Å². The summed E-state index contributed by atoms with van der Waals surface area (Å²) >= 11 is 0. The van der Waals surface area contributed by atoms with Crippen LogP contribution in [0.3, 0.4) is 0 Å². The molecule has 0 aliphatic rings. The molecule has 96 valence electrons. The lowest BCUT2D eigenvalue weighted by Gasteiger charge is -2.22. The van der Waals surface area contributed by atoms with Crippen molar-refractivity contribution in [2.24, 2.45) is 0 Å². The van der Waals surface area contributed by atoms with Gasteiger partial charge >= 0.3 is 6.18 Å². The molecule has 0 aromatic heterocycles. The number of hydrogen-bond acceptors (Lipinski definition) is 2. The van der Waals surface area contributed by atoms with Gasteiger partial charge in [-0.25, -0.2) is 4.39 Å². The predicted molar refractivity (Wildman–Crippen MR) is 55.7 cm³/mol. The van der Waals surface area contributed by atoms with Crippen molar-refractivity contribution in [2.75, 3.05) is 20.7 Å². The molecule has 0 aliphatic heterocycles. The smallest absolute Gasteiger partial charge is 0.397 e. The van der Waals surface area contributed by atoms with E-state index in [1.807, 2.05) is 0 Å². The quantitative estimate of drug-likeness (QED) is 0.831. The van der Waals surface area contributed by atoms with E-state index < -0.39 is 17.9 Å². The van der Waals surface area contributed by atoms with Crippen LogP contribution in [0.1, 0.15) is 11.5 Å². The topological polar surface area (TPSA) is 21.3 Å². The van der Waals surface area contributed by atoms with Crippen molar-refractivity contribution >= 4 is 0 Å². The van der Waals surface area contributed by atoms with Gasteiger partial charge in [0.15, 0.2) is 11.6 Å². The monoisotopic (exact) mass is 251 g/mol. The zero-order chi connectivity index (χ0) is 13.1. The first-order chi connectivity index (χ1) is 7.91. The lowest BCUT2D eigenvalue weighted by atomic mass is 9.97. The molecular weight excluding hydrogens is 238 g/mol. The fourth-order valence-electron chi connectivity index (χ4n) is 1.62. The van der Waals surface area contributed by atoms with Crippen molar-refractivity contribution in [3.05, 3.63) is 29.6 Å². The van der Waals surface area contributed by atoms with Gasteiger partial charge in [-0.2, -0.15) is 13.2 Å². The van der Waals surface area contributed by atoms with Crippen LogP contribution < -0.4 is 10.1 Å². The second-order valence-corrected chi connectivity index (χ2v) is 3.51. The molecule has 1 atom stereocenters. The fraction of sp³-hybridized carbons (Fsp3) is 0.455. The van der Waals surface area contributed by atoms with E-state index in [-0.39, 0.29) is 17.9 Å². The number of para-hydroxylation sites is 1. The molecule has 2 nitrogen and oxygen atoms in total. The van der Waals surface area contributed by atoms with Crippen LogP contribution in [0.2, 0.25) is 0 Å². The van der Waals surface area contributed by atoms with Crippen molar-refractivity contribution in [2.45, 2.75) is 12.1 Å². The molecule has 1 N–H and O–H groups in total. The number of ether oxygens (including phenoxy) is 1. The largest absolute Gasteiger partial charge is 0.493 e. The van der Waals surface area contributed by atoms with Gasteiger partial charge in [-0.15, -0.1) is 0 Å². The Balaban J connectivity index is 3.23. The lowest BCUT2D eigenvalue weighted by Crippen LogP contribution is -2.30. The molecule has 0 heterocycles. The van der Waals surface area contributed by atoms with E-state index in [2.05, 4.69) is 5.32 Å². The summed E-state index contributed by atoms with van der Waals surface area (Å²) in [5, 5.41) is 2.45. The van der Waals surface area contributed by atoms with Crippen LogP contribution in [0.4, 0.5) is 17.6 Å². The molecule has 0 aliphatic carbocycles. The van der Waals surface area contributed by atoms with Crippen LogP contribution in [-0.2, 0) is 0 Å². The minimum atomic E-state index is -4.45. The van der Waals surface area contributed by atoms with Crippen LogP contribution in [0.15, 0.2) is 18.2 Å². The first-order valence-electron chi connectivity index (χ1n) is 4.95. The highest BCUT2D eigenvalue weighted by molar-refractivity contribution is 5.38. The highest BCUT2D eigenvalue weighted by Crippen LogP contribution is 2.39. The Morgan fingerprint density at radius 3 is 2.47 bits per heavy atom. The molecule has 6 heteroatoms. The van der Waals surface area contributed by atoms with Crippen LogP contribution in [0.25, 0.3) is 0 Å². The average Bonchev–Trinajstić information content (AvgIpc) is 2.24. The molecule has 0 saturated carbocycles. The molecule has 1 rings (SSSR count). The van der Waals surface area contributed by atoms with E-state index in [1.54, 1.807) is 0 Å². The van der Waals surface area contributed by atoms with Gasteiger partial charge in [0.25, 0.3) is 0 Å². The normalized spacial score (nSPS) is 13.5. The summed E-state index contributed by atoms with van der Waals surface area (Å²) in [6.45, 7) is -0.330. The summed E-state index contributed by atoms with van der Waals surface area (Å²) in [7, 11) is 2.55. The minimum Gasteiger partial charge on any atom is -0.493 e. The third-order valence-electron chi connectivity index (χ3n) is 2.38. The number of halogens is 4. The molecule has 1 unspecified atom stereocenters. The average molecular weight is 251 g/mol. The SMILES string of the molecule is CNCC(c1cccc(F)c1OC)C(F)(F)F. The van der Waals surface area contributed by atoms with E-state index >= 15 is 0 Å². The van der Waals surface area contributed by atoms with Gasteiger partial charge in [-0.1, -0.05) is 12.1 Å². The Hall–Kier alpha value is -1.30. The maximum Gasteiger partial charge on any atom is 0.397 e. The second-order valence-electron chi connectivity index (χ2n) is 3.51. The molecule has 0 saturated heterocycles. The summed E-state index contributed by atoms with van der Waals surface area (Å²) in [6, 6.07) is 3.52.